The van der Waals surface area contributed by atoms with Gasteiger partial charge in [-0.15, -0.1) is 0 Å². The minimum Gasteiger partial charge on any atom is -0.493 e. The monoisotopic (exact) mass is 599 g/mol. The Morgan fingerprint density at radius 2 is 1.51 bits per heavy atom. The van der Waals surface area contributed by atoms with Gasteiger partial charge >= 0.3 is 0 Å². The number of allylic oxidation sites excluding steroid dienone is 4. The lowest BCUT2D eigenvalue weighted by Gasteiger charge is -2.42. The predicted octanol–water partition coefficient (Wildman–Crippen LogP) is 6.84. The van der Waals surface area contributed by atoms with E-state index < -0.39 is 0 Å². The van der Waals surface area contributed by atoms with Gasteiger partial charge in [-0.25, -0.2) is 0 Å². The van der Waals surface area contributed by atoms with Crippen LogP contribution in [0.4, 0.5) is 0 Å². The van der Waals surface area contributed by atoms with E-state index in [4.69, 9.17) is 9.47 Å². The molecule has 1 heterocycles. The third kappa shape index (κ3) is 4.49. The molecule has 0 aromatic heterocycles. The van der Waals surface area contributed by atoms with Crippen LogP contribution in [0.2, 0.25) is 0 Å². The molecule has 0 radical (unpaired) electrons. The van der Waals surface area contributed by atoms with Gasteiger partial charge in [0.05, 0.1) is 11.6 Å². The van der Waals surface area contributed by atoms with E-state index in [2.05, 4.69) is 36.8 Å². The van der Waals surface area contributed by atoms with Crippen molar-refractivity contribution in [3.8, 4) is 11.5 Å². The molecule has 5 nitrogen and oxygen atoms in total. The summed E-state index contributed by atoms with van der Waals surface area (Å²) in [5.74, 6) is 1.07. The van der Waals surface area contributed by atoms with Crippen molar-refractivity contribution in [3.63, 3.8) is 0 Å². The lowest BCUT2D eigenvalue weighted by molar-refractivity contribution is -0.117. The number of carbonyl (C=O) groups is 2. The lowest BCUT2D eigenvalue weighted by Crippen LogP contribution is -2.37. The van der Waals surface area contributed by atoms with Gasteiger partial charge in [0.15, 0.2) is 23.1 Å². The number of halogens is 2. The molecule has 0 N–H and O–H groups in total. The highest BCUT2D eigenvalue weighted by molar-refractivity contribution is 9.10. The van der Waals surface area contributed by atoms with Crippen molar-refractivity contribution in [1.82, 2.24) is 4.90 Å². The number of benzene rings is 2. The second-order valence-electron chi connectivity index (χ2n) is 9.22. The Hall–Kier alpha value is -2.38. The number of rotatable bonds is 5. The van der Waals surface area contributed by atoms with Gasteiger partial charge in [-0.2, -0.15) is 0 Å². The molecule has 5 rings (SSSR count). The Balaban J connectivity index is 1.57. The molecule has 1 aliphatic heterocycles. The first-order chi connectivity index (χ1) is 16.9. The van der Waals surface area contributed by atoms with Crippen molar-refractivity contribution in [2.75, 3.05) is 14.2 Å². The summed E-state index contributed by atoms with van der Waals surface area (Å²) in [5.41, 5.74) is 5.57. The molecule has 182 valence electrons. The summed E-state index contributed by atoms with van der Waals surface area (Å²) in [7, 11) is 3.62. The fraction of sp³-hybridized carbons (Fsp3) is 0.357. The number of carbonyl (C=O) groups excluding carboxylic acids is 2. The summed E-state index contributed by atoms with van der Waals surface area (Å²) >= 11 is 7.14. The van der Waals surface area contributed by atoms with Gasteiger partial charge in [-0.1, -0.05) is 28.1 Å². The maximum atomic E-state index is 13.2. The van der Waals surface area contributed by atoms with E-state index in [9.17, 15) is 9.59 Å². The molecule has 2 aliphatic carbocycles. The van der Waals surface area contributed by atoms with Gasteiger partial charge in [-0.3, -0.25) is 9.59 Å². The van der Waals surface area contributed by atoms with Gasteiger partial charge in [0.1, 0.15) is 6.61 Å². The largest absolute Gasteiger partial charge is 0.493 e. The number of nitrogens with zero attached hydrogens (tertiary/aromatic N) is 1. The molecule has 0 fully saturated rings. The molecule has 0 spiro atoms. The smallest absolute Gasteiger partial charge is 0.175 e. The highest BCUT2D eigenvalue weighted by Gasteiger charge is 2.42. The standard InChI is InChI=1S/C28H27Br2NO4/c1-31-20-5-3-7-22(32)26(20)25(27-21(31)6-4-8-23(27)33)17-13-19(30)28(24(14-17)34-2)35-15-16-9-11-18(29)12-10-16/h9-14,25H,3-8,15H2,1-2H3. The SMILES string of the molecule is COc1cc(C2C3=C(CCCC3=O)N(C)C3=C2C(=O)CCC3)cc(Br)c1OCc1ccc(Br)cc1. The molecular formula is C28H27Br2NO4. The third-order valence-corrected chi connectivity index (χ3v) is 8.24. The van der Waals surface area contributed by atoms with E-state index in [1.807, 2.05) is 43.4 Å². The average molecular weight is 601 g/mol. The van der Waals surface area contributed by atoms with Gasteiger partial charge in [0.2, 0.25) is 0 Å². The van der Waals surface area contributed by atoms with Crippen LogP contribution >= 0.6 is 31.9 Å². The maximum Gasteiger partial charge on any atom is 0.175 e. The summed E-state index contributed by atoms with van der Waals surface area (Å²) in [4.78, 5) is 28.6. The van der Waals surface area contributed by atoms with Crippen molar-refractivity contribution in [2.45, 2.75) is 51.0 Å². The maximum absolute atomic E-state index is 13.2. The third-order valence-electron chi connectivity index (χ3n) is 7.13. The van der Waals surface area contributed by atoms with E-state index in [0.29, 0.717) is 30.9 Å². The topological polar surface area (TPSA) is 55.8 Å². The molecule has 0 saturated heterocycles. The Morgan fingerprint density at radius 1 is 0.914 bits per heavy atom. The summed E-state index contributed by atoms with van der Waals surface area (Å²) in [5, 5.41) is 0. The van der Waals surface area contributed by atoms with E-state index in [0.717, 1.165) is 68.3 Å². The highest BCUT2D eigenvalue weighted by atomic mass is 79.9. The molecule has 3 aliphatic rings. The van der Waals surface area contributed by atoms with Crippen LogP contribution in [-0.4, -0.2) is 30.6 Å². The van der Waals surface area contributed by atoms with Gasteiger partial charge in [0.25, 0.3) is 0 Å². The van der Waals surface area contributed by atoms with E-state index >= 15 is 0 Å². The Labute approximate surface area is 222 Å². The zero-order valence-electron chi connectivity index (χ0n) is 19.8. The van der Waals surface area contributed by atoms with Crippen molar-refractivity contribution in [3.05, 3.63) is 79.0 Å². The second-order valence-corrected chi connectivity index (χ2v) is 11.0. The molecule has 0 unspecified atom stereocenters. The Bertz CT molecular complexity index is 1220. The van der Waals surface area contributed by atoms with Gasteiger partial charge < -0.3 is 14.4 Å². The molecule has 7 heteroatoms. The number of ether oxygens (including phenoxy) is 2. The number of Topliss-reactive ketones (excluding diaryl/α,β-unsaturated/α-hetero) is 2. The number of hydrogen-bond donors (Lipinski definition) is 0. The lowest BCUT2D eigenvalue weighted by atomic mass is 9.71. The molecular weight excluding hydrogens is 574 g/mol. The summed E-state index contributed by atoms with van der Waals surface area (Å²) < 4.78 is 13.6. The Morgan fingerprint density at radius 3 is 2.09 bits per heavy atom. The minimum absolute atomic E-state index is 0.138. The molecule has 2 aromatic carbocycles. The minimum atomic E-state index is -0.373. The molecule has 0 saturated carbocycles. The van der Waals surface area contributed by atoms with Crippen LogP contribution in [0.1, 0.15) is 55.6 Å². The fourth-order valence-electron chi connectivity index (χ4n) is 5.47. The highest BCUT2D eigenvalue weighted by Crippen LogP contribution is 2.50. The average Bonchev–Trinajstić information content (AvgIpc) is 2.85. The van der Waals surface area contributed by atoms with Crippen molar-refractivity contribution in [2.24, 2.45) is 0 Å². The zero-order valence-corrected chi connectivity index (χ0v) is 23.0. The van der Waals surface area contributed by atoms with Crippen LogP contribution in [0, 0.1) is 0 Å². The van der Waals surface area contributed by atoms with E-state index in [1.165, 1.54) is 0 Å². The van der Waals surface area contributed by atoms with Crippen LogP contribution < -0.4 is 9.47 Å². The Kier molecular flexibility index (Phi) is 6.91. The second kappa shape index (κ2) is 9.94. The van der Waals surface area contributed by atoms with Gasteiger partial charge in [0, 0.05) is 52.8 Å². The fourth-order valence-corrected chi connectivity index (χ4v) is 6.31. The van der Waals surface area contributed by atoms with Crippen LogP contribution in [0.3, 0.4) is 0 Å². The first-order valence-corrected chi connectivity index (χ1v) is 13.5. The van der Waals surface area contributed by atoms with Crippen LogP contribution in [0.25, 0.3) is 0 Å². The molecule has 0 amide bonds. The van der Waals surface area contributed by atoms with E-state index in [-0.39, 0.29) is 17.5 Å². The van der Waals surface area contributed by atoms with Crippen molar-refractivity contribution < 1.29 is 19.1 Å². The summed E-state index contributed by atoms with van der Waals surface area (Å²) in [6.07, 6.45) is 4.44. The summed E-state index contributed by atoms with van der Waals surface area (Å²) in [6, 6.07) is 11.9. The number of methoxy groups -OCH3 is 1. The van der Waals surface area contributed by atoms with Crippen LogP contribution in [0.5, 0.6) is 11.5 Å². The zero-order chi connectivity index (χ0) is 24.7. The van der Waals surface area contributed by atoms with Crippen molar-refractivity contribution >= 4 is 43.4 Å². The molecule has 2 aromatic rings. The van der Waals surface area contributed by atoms with Crippen molar-refractivity contribution in [1.29, 1.82) is 0 Å². The first-order valence-electron chi connectivity index (χ1n) is 11.9. The quantitative estimate of drug-likeness (QED) is 0.376. The first kappa shape index (κ1) is 24.3. The van der Waals surface area contributed by atoms with E-state index in [1.54, 1.807) is 7.11 Å². The molecule has 35 heavy (non-hydrogen) atoms. The molecule has 0 bridgehead atoms. The summed E-state index contributed by atoms with van der Waals surface area (Å²) in [6.45, 7) is 0.386. The van der Waals surface area contributed by atoms with Gasteiger partial charge in [-0.05, 0) is 77.0 Å². The normalized spacial score (nSPS) is 18.6. The predicted molar refractivity (Wildman–Crippen MR) is 141 cm³/mol. The molecule has 0 atom stereocenters. The number of hydrogen-bond acceptors (Lipinski definition) is 5. The number of ketones is 2. The van der Waals surface area contributed by atoms with Crippen LogP contribution in [-0.2, 0) is 16.2 Å². The van der Waals surface area contributed by atoms with Crippen LogP contribution in [0.15, 0.2) is 67.9 Å².